The Hall–Kier alpha value is -2.82. The summed E-state index contributed by atoms with van der Waals surface area (Å²) in [6.07, 6.45) is 0. The molecule has 5 heteroatoms. The highest BCUT2D eigenvalue weighted by Gasteiger charge is 2.06. The first-order valence-electron chi connectivity index (χ1n) is 6.39. The van der Waals surface area contributed by atoms with E-state index in [1.807, 2.05) is 6.07 Å². The number of carbonyl (C=O) groups excluding carboxylic acids is 1. The van der Waals surface area contributed by atoms with Gasteiger partial charge in [-0.15, -0.1) is 0 Å². The van der Waals surface area contributed by atoms with Gasteiger partial charge in [-0.05, 0) is 37.3 Å². The summed E-state index contributed by atoms with van der Waals surface area (Å²) in [5, 5.41) is 13.6. The van der Waals surface area contributed by atoms with Gasteiger partial charge >= 0.3 is 0 Å². The number of aromatic hydroxyl groups is 1. The molecule has 108 valence electrons. The lowest BCUT2D eigenvalue weighted by Crippen LogP contribution is -2.19. The van der Waals surface area contributed by atoms with E-state index in [-0.39, 0.29) is 11.7 Å². The van der Waals surface area contributed by atoms with Crippen LogP contribution in [0.4, 0.5) is 0 Å². The largest absolute Gasteiger partial charge is 0.504 e. The van der Waals surface area contributed by atoms with Crippen molar-refractivity contribution in [2.24, 2.45) is 5.10 Å². The number of rotatable bonds is 4. The number of hydrogen-bond donors (Lipinski definition) is 2. The highest BCUT2D eigenvalue weighted by molar-refractivity contribution is 6.01. The molecule has 0 saturated carbocycles. The van der Waals surface area contributed by atoms with Crippen LogP contribution in [-0.4, -0.2) is 23.8 Å². The van der Waals surface area contributed by atoms with Crippen molar-refractivity contribution in [2.45, 2.75) is 6.92 Å². The summed E-state index contributed by atoms with van der Waals surface area (Å²) in [6.45, 7) is 1.76. The third-order valence-corrected chi connectivity index (χ3v) is 2.96. The third kappa shape index (κ3) is 3.60. The van der Waals surface area contributed by atoms with Crippen molar-refractivity contribution in [3.05, 3.63) is 59.7 Å². The Morgan fingerprint density at radius 3 is 2.52 bits per heavy atom. The van der Waals surface area contributed by atoms with Gasteiger partial charge in [0.15, 0.2) is 11.5 Å². The van der Waals surface area contributed by atoms with Gasteiger partial charge in [0.25, 0.3) is 5.91 Å². The van der Waals surface area contributed by atoms with Crippen LogP contribution < -0.4 is 10.2 Å². The maximum absolute atomic E-state index is 11.9. The third-order valence-electron chi connectivity index (χ3n) is 2.96. The highest BCUT2D eigenvalue weighted by Crippen LogP contribution is 2.26. The van der Waals surface area contributed by atoms with Gasteiger partial charge < -0.3 is 9.84 Å². The lowest BCUT2D eigenvalue weighted by atomic mass is 10.1. The van der Waals surface area contributed by atoms with Crippen molar-refractivity contribution >= 4 is 11.6 Å². The first-order valence-corrected chi connectivity index (χ1v) is 6.39. The molecule has 0 radical (unpaired) electrons. The van der Waals surface area contributed by atoms with Crippen molar-refractivity contribution in [1.29, 1.82) is 0 Å². The quantitative estimate of drug-likeness (QED) is 0.669. The molecule has 5 nitrogen and oxygen atoms in total. The molecule has 1 amide bonds. The minimum Gasteiger partial charge on any atom is -0.504 e. The molecule has 0 aromatic heterocycles. The lowest BCUT2D eigenvalue weighted by Gasteiger charge is -2.07. The van der Waals surface area contributed by atoms with Gasteiger partial charge in [0.05, 0.1) is 12.8 Å². The number of methoxy groups -OCH3 is 1. The molecule has 0 aliphatic rings. The van der Waals surface area contributed by atoms with Crippen LogP contribution in [0.15, 0.2) is 53.6 Å². The van der Waals surface area contributed by atoms with Crippen molar-refractivity contribution in [3.63, 3.8) is 0 Å². The summed E-state index contributed by atoms with van der Waals surface area (Å²) in [4.78, 5) is 11.9. The van der Waals surface area contributed by atoms with E-state index >= 15 is 0 Å². The van der Waals surface area contributed by atoms with Crippen LogP contribution in [-0.2, 0) is 0 Å². The van der Waals surface area contributed by atoms with Crippen molar-refractivity contribution in [3.8, 4) is 11.5 Å². The number of amides is 1. The van der Waals surface area contributed by atoms with E-state index in [2.05, 4.69) is 10.5 Å². The van der Waals surface area contributed by atoms with Gasteiger partial charge in [0.1, 0.15) is 0 Å². The maximum atomic E-state index is 11.9. The Balaban J connectivity index is 2.13. The fourth-order valence-corrected chi connectivity index (χ4v) is 1.76. The molecular weight excluding hydrogens is 268 g/mol. The molecule has 0 fully saturated rings. The van der Waals surface area contributed by atoms with E-state index in [0.29, 0.717) is 17.0 Å². The Labute approximate surface area is 122 Å². The first kappa shape index (κ1) is 14.6. The Morgan fingerprint density at radius 1 is 1.14 bits per heavy atom. The van der Waals surface area contributed by atoms with Gasteiger partial charge in [0.2, 0.25) is 0 Å². The zero-order chi connectivity index (χ0) is 15.2. The number of nitrogens with zero attached hydrogens (tertiary/aromatic N) is 1. The molecule has 2 rings (SSSR count). The second kappa shape index (κ2) is 6.56. The summed E-state index contributed by atoms with van der Waals surface area (Å²) in [5.41, 5.74) is 4.39. The minimum absolute atomic E-state index is 0.0578. The number of benzene rings is 2. The van der Waals surface area contributed by atoms with E-state index in [1.54, 1.807) is 43.3 Å². The van der Waals surface area contributed by atoms with E-state index < -0.39 is 0 Å². The SMILES string of the molecule is COc1cc(C(C)=NNC(=O)c2ccccc2)ccc1O. The smallest absolute Gasteiger partial charge is 0.271 e. The van der Waals surface area contributed by atoms with Crippen LogP contribution in [0.25, 0.3) is 0 Å². The van der Waals surface area contributed by atoms with Gasteiger partial charge in [-0.25, -0.2) is 5.43 Å². The second-order valence-electron chi connectivity index (χ2n) is 4.39. The summed E-state index contributed by atoms with van der Waals surface area (Å²) in [7, 11) is 1.47. The Kier molecular flexibility index (Phi) is 4.56. The molecule has 0 unspecified atom stereocenters. The molecule has 0 atom stereocenters. The van der Waals surface area contributed by atoms with Crippen molar-refractivity contribution in [2.75, 3.05) is 7.11 Å². The average Bonchev–Trinajstić information content (AvgIpc) is 2.53. The molecule has 0 spiro atoms. The summed E-state index contributed by atoms with van der Waals surface area (Å²) >= 11 is 0. The van der Waals surface area contributed by atoms with E-state index in [4.69, 9.17) is 4.74 Å². The Bertz CT molecular complexity index is 666. The fourth-order valence-electron chi connectivity index (χ4n) is 1.76. The second-order valence-corrected chi connectivity index (χ2v) is 4.39. The van der Waals surface area contributed by atoms with Crippen LogP contribution in [0, 0.1) is 0 Å². The van der Waals surface area contributed by atoms with Gasteiger partial charge in [-0.2, -0.15) is 5.10 Å². The molecule has 0 aliphatic carbocycles. The standard InChI is InChI=1S/C16H16N2O3/c1-11(13-8-9-14(19)15(10-13)21-2)17-18-16(20)12-6-4-3-5-7-12/h3-10,19H,1-2H3,(H,18,20). The number of phenols is 1. The van der Waals surface area contributed by atoms with Crippen LogP contribution >= 0.6 is 0 Å². The van der Waals surface area contributed by atoms with Crippen molar-refractivity contribution in [1.82, 2.24) is 5.43 Å². The number of hydrazone groups is 1. The Morgan fingerprint density at radius 2 is 1.86 bits per heavy atom. The van der Waals surface area contributed by atoms with Gasteiger partial charge in [-0.1, -0.05) is 18.2 Å². The number of carbonyl (C=O) groups is 1. The molecule has 2 N–H and O–H groups in total. The molecule has 2 aromatic rings. The highest BCUT2D eigenvalue weighted by atomic mass is 16.5. The molecule has 0 heterocycles. The summed E-state index contributed by atoms with van der Waals surface area (Å²) in [6, 6.07) is 13.7. The zero-order valence-electron chi connectivity index (χ0n) is 11.8. The number of phenolic OH excluding ortho intramolecular Hbond substituents is 1. The maximum Gasteiger partial charge on any atom is 0.271 e. The molecular formula is C16H16N2O3. The number of nitrogens with one attached hydrogen (secondary N) is 1. The first-order chi connectivity index (χ1) is 10.1. The number of ether oxygens (including phenoxy) is 1. The molecule has 0 aliphatic heterocycles. The topological polar surface area (TPSA) is 70.9 Å². The van der Waals surface area contributed by atoms with Gasteiger partial charge in [-0.3, -0.25) is 4.79 Å². The summed E-state index contributed by atoms with van der Waals surface area (Å²) < 4.78 is 5.04. The van der Waals surface area contributed by atoms with E-state index in [9.17, 15) is 9.90 Å². The molecule has 0 saturated heterocycles. The van der Waals surface area contributed by atoms with Gasteiger partial charge in [0, 0.05) is 11.1 Å². The van der Waals surface area contributed by atoms with Crippen LogP contribution in [0.3, 0.4) is 0 Å². The normalized spacial score (nSPS) is 11.0. The van der Waals surface area contributed by atoms with E-state index in [0.717, 1.165) is 5.56 Å². The minimum atomic E-state index is -0.277. The van der Waals surface area contributed by atoms with E-state index in [1.165, 1.54) is 13.2 Å². The zero-order valence-corrected chi connectivity index (χ0v) is 11.8. The lowest BCUT2D eigenvalue weighted by molar-refractivity contribution is 0.0955. The predicted octanol–water partition coefficient (Wildman–Crippen LogP) is 2.55. The molecule has 2 aromatic carbocycles. The van der Waals surface area contributed by atoms with Crippen LogP contribution in [0.2, 0.25) is 0 Å². The predicted molar refractivity (Wildman–Crippen MR) is 80.8 cm³/mol. The average molecular weight is 284 g/mol. The summed E-state index contributed by atoms with van der Waals surface area (Å²) in [5.74, 6) is 0.138. The molecule has 21 heavy (non-hydrogen) atoms. The fraction of sp³-hybridized carbons (Fsp3) is 0.125. The molecule has 0 bridgehead atoms. The number of hydrogen-bond acceptors (Lipinski definition) is 4. The monoisotopic (exact) mass is 284 g/mol. The van der Waals surface area contributed by atoms with Crippen molar-refractivity contribution < 1.29 is 14.6 Å². The van der Waals surface area contributed by atoms with Crippen LogP contribution in [0.5, 0.6) is 11.5 Å². The van der Waals surface area contributed by atoms with Crippen LogP contribution in [0.1, 0.15) is 22.8 Å².